The number of carbonyl (C=O) groups excluding carboxylic acids is 1. The van der Waals surface area contributed by atoms with Gasteiger partial charge in [0, 0.05) is 6.42 Å². The van der Waals surface area contributed by atoms with Gasteiger partial charge < -0.3 is 28.8 Å². The number of amides is 1. The number of aliphatic hydroxyl groups excluding tert-OH is 1. The maximum atomic E-state index is 12.8. The SMILES string of the molecule is CCCCCCC/C=C/CCCC[C@@H](O)[C@H](COP(=O)([O-])OCC[N+](C)(C)C)NC(=O)CCCCCCCCCCC/C=C/CCCCCCCC. The zero-order valence-corrected chi connectivity index (χ0v) is 35.7. The summed E-state index contributed by atoms with van der Waals surface area (Å²) in [7, 11) is 1.29. The van der Waals surface area contributed by atoms with Crippen molar-refractivity contribution in [1.82, 2.24) is 5.32 Å². The Balaban J connectivity index is 4.34. The van der Waals surface area contributed by atoms with Gasteiger partial charge in [0.15, 0.2) is 0 Å². The van der Waals surface area contributed by atoms with Gasteiger partial charge in [-0.25, -0.2) is 0 Å². The van der Waals surface area contributed by atoms with Gasteiger partial charge in [-0.05, 0) is 64.2 Å². The molecule has 2 N–H and O–H groups in total. The fraction of sp³-hybridized carbons (Fsp3) is 0.884. The van der Waals surface area contributed by atoms with E-state index in [0.29, 0.717) is 23.9 Å². The van der Waals surface area contributed by atoms with E-state index in [4.69, 9.17) is 9.05 Å². The van der Waals surface area contributed by atoms with E-state index < -0.39 is 20.0 Å². The average molecular weight is 757 g/mol. The van der Waals surface area contributed by atoms with Crippen LogP contribution in [-0.2, 0) is 18.4 Å². The fourth-order valence-electron chi connectivity index (χ4n) is 6.14. The van der Waals surface area contributed by atoms with Crippen LogP contribution in [0.5, 0.6) is 0 Å². The maximum absolute atomic E-state index is 12.8. The van der Waals surface area contributed by atoms with Crippen LogP contribution in [-0.4, -0.2) is 68.5 Å². The minimum Gasteiger partial charge on any atom is -0.756 e. The van der Waals surface area contributed by atoms with Crippen molar-refractivity contribution in [3.63, 3.8) is 0 Å². The molecule has 0 aromatic heterocycles. The predicted molar refractivity (Wildman–Crippen MR) is 219 cm³/mol. The molecular formula is C43H85N2O6P. The van der Waals surface area contributed by atoms with E-state index in [0.717, 1.165) is 44.9 Å². The molecule has 0 rings (SSSR count). The lowest BCUT2D eigenvalue weighted by Gasteiger charge is -2.30. The summed E-state index contributed by atoms with van der Waals surface area (Å²) in [6, 6.07) is -0.814. The number of nitrogens with zero attached hydrogens (tertiary/aromatic N) is 1. The topological polar surface area (TPSA) is 108 Å². The minimum absolute atomic E-state index is 0.00706. The number of unbranched alkanes of at least 4 members (excludes halogenated alkanes) is 22. The van der Waals surface area contributed by atoms with Crippen LogP contribution in [0.25, 0.3) is 0 Å². The van der Waals surface area contributed by atoms with Crippen LogP contribution in [0, 0.1) is 0 Å². The molecule has 0 bridgehead atoms. The van der Waals surface area contributed by atoms with Gasteiger partial charge in [0.2, 0.25) is 5.91 Å². The number of likely N-dealkylation sites (N-methyl/N-ethyl adjacent to an activating group) is 1. The summed E-state index contributed by atoms with van der Waals surface area (Å²) >= 11 is 0. The summed E-state index contributed by atoms with van der Waals surface area (Å²) in [5, 5.41) is 13.8. The zero-order chi connectivity index (χ0) is 38.6. The second-order valence-electron chi connectivity index (χ2n) is 16.0. The first-order valence-electron chi connectivity index (χ1n) is 21.7. The normalized spacial score (nSPS) is 14.7. The van der Waals surface area contributed by atoms with E-state index in [1.54, 1.807) is 0 Å². The second-order valence-corrected chi connectivity index (χ2v) is 17.4. The first-order valence-corrected chi connectivity index (χ1v) is 23.1. The molecule has 3 atom stereocenters. The van der Waals surface area contributed by atoms with Crippen LogP contribution < -0.4 is 10.2 Å². The molecule has 0 aromatic rings. The summed E-state index contributed by atoms with van der Waals surface area (Å²) in [5.74, 6) is -0.178. The number of aliphatic hydroxyl groups is 1. The molecule has 0 saturated carbocycles. The monoisotopic (exact) mass is 757 g/mol. The molecule has 0 radical (unpaired) electrons. The molecule has 9 heteroatoms. The Morgan fingerprint density at radius 1 is 0.654 bits per heavy atom. The van der Waals surface area contributed by atoms with E-state index in [9.17, 15) is 19.4 Å². The molecule has 0 fully saturated rings. The molecule has 1 unspecified atom stereocenters. The minimum atomic E-state index is -4.56. The molecule has 0 aliphatic rings. The first kappa shape index (κ1) is 51.0. The van der Waals surface area contributed by atoms with E-state index in [1.807, 2.05) is 21.1 Å². The molecule has 8 nitrogen and oxygen atoms in total. The number of hydrogen-bond acceptors (Lipinski definition) is 6. The molecule has 52 heavy (non-hydrogen) atoms. The molecular weight excluding hydrogens is 671 g/mol. The van der Waals surface area contributed by atoms with Gasteiger partial charge in [-0.2, -0.15) is 0 Å². The first-order chi connectivity index (χ1) is 25.0. The molecule has 0 spiro atoms. The molecule has 0 aliphatic carbocycles. The number of rotatable bonds is 39. The van der Waals surface area contributed by atoms with E-state index in [2.05, 4.69) is 43.5 Å². The highest BCUT2D eigenvalue weighted by Gasteiger charge is 2.24. The highest BCUT2D eigenvalue weighted by atomic mass is 31.2. The smallest absolute Gasteiger partial charge is 0.268 e. The van der Waals surface area contributed by atoms with Gasteiger partial charge in [-0.3, -0.25) is 9.36 Å². The Hall–Kier alpha value is -1.02. The van der Waals surface area contributed by atoms with Gasteiger partial charge in [-0.1, -0.05) is 147 Å². The van der Waals surface area contributed by atoms with E-state index in [1.165, 1.54) is 122 Å². The van der Waals surface area contributed by atoms with Crippen molar-refractivity contribution in [3.05, 3.63) is 24.3 Å². The Kier molecular flexibility index (Phi) is 35.0. The summed E-state index contributed by atoms with van der Waals surface area (Å²) in [6.07, 6.45) is 40.4. The van der Waals surface area contributed by atoms with Crippen molar-refractivity contribution >= 4 is 13.7 Å². The van der Waals surface area contributed by atoms with Gasteiger partial charge >= 0.3 is 0 Å². The Morgan fingerprint density at radius 3 is 1.50 bits per heavy atom. The second kappa shape index (κ2) is 35.7. The third-order valence-electron chi connectivity index (χ3n) is 9.66. The van der Waals surface area contributed by atoms with Crippen molar-refractivity contribution in [2.45, 2.75) is 206 Å². The van der Waals surface area contributed by atoms with Crippen LogP contribution in [0.4, 0.5) is 0 Å². The van der Waals surface area contributed by atoms with Crippen LogP contribution in [0.15, 0.2) is 24.3 Å². The van der Waals surface area contributed by atoms with Gasteiger partial charge in [0.1, 0.15) is 13.2 Å². The van der Waals surface area contributed by atoms with E-state index in [-0.39, 0.29) is 19.1 Å². The van der Waals surface area contributed by atoms with Gasteiger partial charge in [0.05, 0.1) is 39.9 Å². The molecule has 1 amide bonds. The summed E-state index contributed by atoms with van der Waals surface area (Å²) in [5.41, 5.74) is 0. The molecule has 0 aliphatic heterocycles. The largest absolute Gasteiger partial charge is 0.756 e. The highest BCUT2D eigenvalue weighted by Crippen LogP contribution is 2.38. The number of allylic oxidation sites excluding steroid dienone is 4. The van der Waals surface area contributed by atoms with Crippen molar-refractivity contribution in [2.75, 3.05) is 40.9 Å². The van der Waals surface area contributed by atoms with Crippen molar-refractivity contribution < 1.29 is 32.9 Å². The quantitative estimate of drug-likeness (QED) is 0.0280. The highest BCUT2D eigenvalue weighted by molar-refractivity contribution is 7.45. The van der Waals surface area contributed by atoms with Crippen LogP contribution in [0.2, 0.25) is 0 Å². The summed E-state index contributed by atoms with van der Waals surface area (Å²) in [6.45, 7) is 4.67. The summed E-state index contributed by atoms with van der Waals surface area (Å²) in [4.78, 5) is 25.3. The Morgan fingerprint density at radius 2 is 1.06 bits per heavy atom. The third kappa shape index (κ3) is 37.3. The van der Waals surface area contributed by atoms with Crippen molar-refractivity contribution in [1.29, 1.82) is 0 Å². The molecule has 0 aromatic carbocycles. The number of quaternary nitrogens is 1. The Bertz CT molecular complexity index is 907. The van der Waals surface area contributed by atoms with E-state index >= 15 is 0 Å². The molecule has 0 heterocycles. The van der Waals surface area contributed by atoms with Crippen LogP contribution in [0.1, 0.15) is 194 Å². The lowest BCUT2D eigenvalue weighted by atomic mass is 10.0. The maximum Gasteiger partial charge on any atom is 0.268 e. The van der Waals surface area contributed by atoms with Gasteiger partial charge in [-0.15, -0.1) is 0 Å². The van der Waals surface area contributed by atoms with Crippen molar-refractivity contribution in [2.24, 2.45) is 0 Å². The third-order valence-corrected chi connectivity index (χ3v) is 10.6. The molecule has 0 saturated heterocycles. The van der Waals surface area contributed by atoms with Crippen molar-refractivity contribution in [3.8, 4) is 0 Å². The van der Waals surface area contributed by atoms with Crippen LogP contribution >= 0.6 is 7.82 Å². The fourth-order valence-corrected chi connectivity index (χ4v) is 6.87. The Labute approximate surface area is 322 Å². The lowest BCUT2D eigenvalue weighted by Crippen LogP contribution is -2.46. The van der Waals surface area contributed by atoms with Crippen LogP contribution in [0.3, 0.4) is 0 Å². The standard InChI is InChI=1S/C43H85N2O6P/c1-6-8-10-12-14-16-18-19-20-21-22-23-24-25-27-29-31-33-35-37-43(47)44-41(40-51-52(48,49)50-39-38-45(3,4)5)42(46)36-34-32-30-28-26-17-15-13-11-9-7-2/h19-20,26,28,41-42,46H,6-18,21-25,27,29-40H2,1-5H3,(H-,44,47,48,49)/b20-19+,28-26+/t41-,42+/m0/s1. The number of nitrogens with one attached hydrogen (secondary N) is 1. The average Bonchev–Trinajstić information content (AvgIpc) is 3.09. The predicted octanol–water partition coefficient (Wildman–Crippen LogP) is 11.1. The summed E-state index contributed by atoms with van der Waals surface area (Å²) < 4.78 is 23.2. The number of hydrogen-bond donors (Lipinski definition) is 2. The van der Waals surface area contributed by atoms with Gasteiger partial charge in [0.25, 0.3) is 7.82 Å². The number of phosphoric acid groups is 1. The zero-order valence-electron chi connectivity index (χ0n) is 34.8. The number of carbonyl (C=O) groups is 1. The lowest BCUT2D eigenvalue weighted by molar-refractivity contribution is -0.870. The molecule has 308 valence electrons. The number of phosphoric ester groups is 1.